The summed E-state index contributed by atoms with van der Waals surface area (Å²) in [4.78, 5) is 22.7. The first-order chi connectivity index (χ1) is 8.24. The highest BCUT2D eigenvalue weighted by Gasteiger charge is 2.16. The Morgan fingerprint density at radius 1 is 1.22 bits per heavy atom. The average Bonchev–Trinajstić information content (AvgIpc) is 2.23. The molecule has 6 heteroatoms. The Morgan fingerprint density at radius 2 is 1.83 bits per heavy atom. The Kier molecular flexibility index (Phi) is 7.82. The van der Waals surface area contributed by atoms with Crippen molar-refractivity contribution in [3.05, 3.63) is 0 Å². The van der Waals surface area contributed by atoms with Crippen LogP contribution in [0.25, 0.3) is 0 Å². The van der Waals surface area contributed by atoms with Crippen molar-refractivity contribution in [2.45, 2.75) is 46.1 Å². The van der Waals surface area contributed by atoms with Crippen molar-refractivity contribution in [2.75, 3.05) is 18.1 Å². The first-order valence-corrected chi connectivity index (χ1v) is 7.57. The minimum absolute atomic E-state index is 0.0694. The van der Waals surface area contributed by atoms with E-state index in [0.29, 0.717) is 18.1 Å². The van der Waals surface area contributed by atoms with Gasteiger partial charge in [-0.05, 0) is 20.8 Å². The Bertz CT molecular complexity index is 310. The topological polar surface area (TPSA) is 72.5 Å². The van der Waals surface area contributed by atoms with E-state index in [1.54, 1.807) is 20.8 Å². The zero-order chi connectivity index (χ0) is 14.2. The SMILES string of the molecule is CCS(=O)CCNC(=O)CCC(=O)OC(C)(C)C. The molecule has 0 bridgehead atoms. The normalized spacial score (nSPS) is 12.9. The summed E-state index contributed by atoms with van der Waals surface area (Å²) < 4.78 is 16.2. The summed E-state index contributed by atoms with van der Waals surface area (Å²) in [5.74, 6) is 0.450. The van der Waals surface area contributed by atoms with Crippen molar-refractivity contribution in [2.24, 2.45) is 0 Å². The Labute approximate surface area is 111 Å². The molecule has 0 aliphatic carbocycles. The molecule has 0 aromatic heterocycles. The second-order valence-corrected chi connectivity index (χ2v) is 6.73. The van der Waals surface area contributed by atoms with Crippen LogP contribution in [0.3, 0.4) is 0 Å². The minimum Gasteiger partial charge on any atom is -0.460 e. The number of amides is 1. The zero-order valence-corrected chi connectivity index (χ0v) is 12.4. The molecule has 0 fully saturated rings. The lowest BCUT2D eigenvalue weighted by Gasteiger charge is -2.19. The van der Waals surface area contributed by atoms with Crippen LogP contribution in [0.15, 0.2) is 0 Å². The molecule has 1 atom stereocenters. The number of carbonyl (C=O) groups excluding carboxylic acids is 2. The number of hydrogen-bond donors (Lipinski definition) is 1. The van der Waals surface area contributed by atoms with E-state index in [1.807, 2.05) is 6.92 Å². The molecule has 5 nitrogen and oxygen atoms in total. The molecule has 0 aromatic carbocycles. The van der Waals surface area contributed by atoms with E-state index in [2.05, 4.69) is 5.32 Å². The lowest BCUT2D eigenvalue weighted by Crippen LogP contribution is -2.29. The molecular formula is C12H23NO4S. The van der Waals surface area contributed by atoms with E-state index in [0.717, 1.165) is 0 Å². The second-order valence-electron chi connectivity index (χ2n) is 4.87. The van der Waals surface area contributed by atoms with Crippen molar-refractivity contribution < 1.29 is 18.5 Å². The van der Waals surface area contributed by atoms with Gasteiger partial charge in [0.2, 0.25) is 5.91 Å². The number of esters is 1. The zero-order valence-electron chi connectivity index (χ0n) is 11.6. The molecule has 1 amide bonds. The maximum absolute atomic E-state index is 11.4. The van der Waals surface area contributed by atoms with Crippen LogP contribution in [0.1, 0.15) is 40.5 Å². The summed E-state index contributed by atoms with van der Waals surface area (Å²) >= 11 is 0. The largest absolute Gasteiger partial charge is 0.460 e. The molecule has 0 saturated heterocycles. The molecule has 0 spiro atoms. The Balaban J connectivity index is 3.71. The summed E-state index contributed by atoms with van der Waals surface area (Å²) in [5, 5.41) is 2.63. The number of nitrogens with one attached hydrogen (secondary N) is 1. The van der Waals surface area contributed by atoms with Gasteiger partial charge in [-0.25, -0.2) is 0 Å². The highest BCUT2D eigenvalue weighted by molar-refractivity contribution is 7.84. The Morgan fingerprint density at radius 3 is 2.33 bits per heavy atom. The van der Waals surface area contributed by atoms with Gasteiger partial charge in [0.05, 0.1) is 6.42 Å². The maximum Gasteiger partial charge on any atom is 0.306 e. The van der Waals surface area contributed by atoms with Crippen LogP contribution >= 0.6 is 0 Å². The molecule has 0 aliphatic heterocycles. The van der Waals surface area contributed by atoms with E-state index in [-0.39, 0.29) is 24.7 Å². The molecule has 0 rings (SSSR count). The molecule has 0 aliphatic rings. The average molecular weight is 277 g/mol. The standard InChI is InChI=1S/C12H23NO4S/c1-5-18(16)9-8-13-10(14)6-7-11(15)17-12(2,3)4/h5-9H2,1-4H3,(H,13,14). The van der Waals surface area contributed by atoms with Gasteiger partial charge in [0, 0.05) is 35.3 Å². The Hall–Kier alpha value is -0.910. The van der Waals surface area contributed by atoms with Gasteiger partial charge in [0.1, 0.15) is 5.60 Å². The quantitative estimate of drug-likeness (QED) is 0.704. The molecule has 1 unspecified atom stereocenters. The van der Waals surface area contributed by atoms with Gasteiger partial charge in [0.25, 0.3) is 0 Å². The van der Waals surface area contributed by atoms with Crippen molar-refractivity contribution in [3.8, 4) is 0 Å². The van der Waals surface area contributed by atoms with Gasteiger partial charge >= 0.3 is 5.97 Å². The van der Waals surface area contributed by atoms with Gasteiger partial charge in [-0.15, -0.1) is 0 Å². The summed E-state index contributed by atoms with van der Waals surface area (Å²) in [6, 6.07) is 0. The van der Waals surface area contributed by atoms with Crippen molar-refractivity contribution in [3.63, 3.8) is 0 Å². The van der Waals surface area contributed by atoms with Gasteiger partial charge in [-0.3, -0.25) is 13.8 Å². The third kappa shape index (κ3) is 10.3. The van der Waals surface area contributed by atoms with Gasteiger partial charge in [-0.2, -0.15) is 0 Å². The molecule has 0 radical (unpaired) electrons. The first kappa shape index (κ1) is 17.1. The van der Waals surface area contributed by atoms with Crippen molar-refractivity contribution >= 4 is 22.7 Å². The monoisotopic (exact) mass is 277 g/mol. The number of rotatable bonds is 7. The van der Waals surface area contributed by atoms with Crippen molar-refractivity contribution in [1.29, 1.82) is 0 Å². The summed E-state index contributed by atoms with van der Waals surface area (Å²) in [7, 11) is -0.876. The molecule has 106 valence electrons. The smallest absolute Gasteiger partial charge is 0.306 e. The third-order valence-electron chi connectivity index (χ3n) is 1.95. The molecule has 0 heterocycles. The maximum atomic E-state index is 11.4. The van der Waals surface area contributed by atoms with Crippen LogP contribution in [0.2, 0.25) is 0 Å². The fraction of sp³-hybridized carbons (Fsp3) is 0.833. The lowest BCUT2D eigenvalue weighted by molar-refractivity contribution is -0.155. The number of hydrogen-bond acceptors (Lipinski definition) is 4. The summed E-state index contributed by atoms with van der Waals surface area (Å²) in [6.07, 6.45) is 0.174. The van der Waals surface area contributed by atoms with E-state index >= 15 is 0 Å². The summed E-state index contributed by atoms with van der Waals surface area (Å²) in [6.45, 7) is 7.56. The third-order valence-corrected chi connectivity index (χ3v) is 3.25. The van der Waals surface area contributed by atoms with Crippen LogP contribution in [0.5, 0.6) is 0 Å². The molecule has 0 saturated carbocycles. The number of carbonyl (C=O) groups is 2. The van der Waals surface area contributed by atoms with Crippen molar-refractivity contribution in [1.82, 2.24) is 5.32 Å². The predicted octanol–water partition coefficient (Wildman–Crippen LogP) is 0.993. The van der Waals surface area contributed by atoms with Crippen LogP contribution in [0, 0.1) is 0 Å². The van der Waals surface area contributed by atoms with E-state index in [4.69, 9.17) is 4.74 Å². The van der Waals surface area contributed by atoms with Crippen LogP contribution in [-0.4, -0.2) is 39.7 Å². The van der Waals surface area contributed by atoms with Gasteiger partial charge in [-0.1, -0.05) is 6.92 Å². The van der Waals surface area contributed by atoms with Gasteiger partial charge in [0.15, 0.2) is 0 Å². The van der Waals surface area contributed by atoms with E-state index < -0.39 is 16.4 Å². The molecule has 18 heavy (non-hydrogen) atoms. The lowest BCUT2D eigenvalue weighted by atomic mass is 10.2. The fourth-order valence-electron chi connectivity index (χ4n) is 1.15. The summed E-state index contributed by atoms with van der Waals surface area (Å²) in [5.41, 5.74) is -0.522. The highest BCUT2D eigenvalue weighted by atomic mass is 32.2. The fourth-order valence-corrected chi connectivity index (χ4v) is 1.76. The minimum atomic E-state index is -0.876. The van der Waals surface area contributed by atoms with Gasteiger partial charge < -0.3 is 10.1 Å². The number of ether oxygens (including phenoxy) is 1. The van der Waals surface area contributed by atoms with E-state index in [1.165, 1.54) is 0 Å². The van der Waals surface area contributed by atoms with Crippen LogP contribution < -0.4 is 5.32 Å². The molecule has 0 aromatic rings. The highest BCUT2D eigenvalue weighted by Crippen LogP contribution is 2.08. The first-order valence-electron chi connectivity index (χ1n) is 6.08. The second kappa shape index (κ2) is 8.24. The molecule has 1 N–H and O–H groups in total. The van der Waals surface area contributed by atoms with Crippen LogP contribution in [-0.2, 0) is 25.1 Å². The predicted molar refractivity (Wildman–Crippen MR) is 71.6 cm³/mol. The van der Waals surface area contributed by atoms with E-state index in [9.17, 15) is 13.8 Å². The van der Waals surface area contributed by atoms with Crippen LogP contribution in [0.4, 0.5) is 0 Å². The molecular weight excluding hydrogens is 254 g/mol.